The molecular formula is C26H36F2. The topological polar surface area (TPSA) is 0 Å². The van der Waals surface area contributed by atoms with Crippen LogP contribution in [0, 0.1) is 11.8 Å². The number of hydrogen-bond donors (Lipinski definition) is 0. The monoisotopic (exact) mass is 386 g/mol. The van der Waals surface area contributed by atoms with Gasteiger partial charge in [0.05, 0.1) is 0 Å². The van der Waals surface area contributed by atoms with E-state index in [-0.39, 0.29) is 5.57 Å². The van der Waals surface area contributed by atoms with Gasteiger partial charge < -0.3 is 0 Å². The molecule has 1 fully saturated rings. The Morgan fingerprint density at radius 2 is 1.61 bits per heavy atom. The van der Waals surface area contributed by atoms with Gasteiger partial charge in [0.2, 0.25) is 0 Å². The predicted molar refractivity (Wildman–Crippen MR) is 116 cm³/mol. The molecule has 0 aromatic heterocycles. The number of alkyl halides is 2. The highest BCUT2D eigenvalue weighted by Crippen LogP contribution is 2.49. The number of allylic oxidation sites excluding steroid dienone is 3. The SMILES string of the molecule is C=CC1=C(c2ccc(C3CCC(CCC)CC3)cc2)C(F)(F)C(CCC)CC1. The van der Waals surface area contributed by atoms with Crippen molar-refractivity contribution in [2.75, 3.05) is 0 Å². The first kappa shape index (κ1) is 21.3. The van der Waals surface area contributed by atoms with Crippen molar-refractivity contribution in [3.05, 3.63) is 53.6 Å². The van der Waals surface area contributed by atoms with E-state index in [0.29, 0.717) is 30.7 Å². The molecule has 2 heteroatoms. The van der Waals surface area contributed by atoms with Crippen molar-refractivity contribution < 1.29 is 8.78 Å². The summed E-state index contributed by atoms with van der Waals surface area (Å²) in [7, 11) is 0. The van der Waals surface area contributed by atoms with E-state index in [1.807, 2.05) is 19.1 Å². The second-order valence-corrected chi connectivity index (χ2v) is 8.88. The summed E-state index contributed by atoms with van der Waals surface area (Å²) in [4.78, 5) is 0. The Bertz CT molecular complexity index is 675. The van der Waals surface area contributed by atoms with E-state index in [0.717, 1.165) is 17.9 Å². The third kappa shape index (κ3) is 4.42. The summed E-state index contributed by atoms with van der Waals surface area (Å²) in [5.74, 6) is -1.84. The van der Waals surface area contributed by atoms with Gasteiger partial charge in [-0.1, -0.05) is 70.0 Å². The molecule has 3 rings (SSSR count). The van der Waals surface area contributed by atoms with E-state index in [9.17, 15) is 0 Å². The molecule has 1 aromatic rings. The van der Waals surface area contributed by atoms with Crippen molar-refractivity contribution in [2.45, 2.75) is 89.9 Å². The minimum Gasteiger partial charge on any atom is -0.201 e. The normalized spacial score (nSPS) is 27.6. The molecule has 2 aliphatic carbocycles. The zero-order chi connectivity index (χ0) is 20.1. The molecule has 0 heterocycles. The summed E-state index contributed by atoms with van der Waals surface area (Å²) in [6, 6.07) is 8.09. The molecule has 1 aromatic carbocycles. The molecule has 0 amide bonds. The van der Waals surface area contributed by atoms with Crippen LogP contribution in [0.1, 0.15) is 95.1 Å². The number of hydrogen-bond acceptors (Lipinski definition) is 0. The molecule has 28 heavy (non-hydrogen) atoms. The Morgan fingerprint density at radius 1 is 0.964 bits per heavy atom. The standard InChI is InChI=1S/C26H36F2/c1-4-7-19-9-11-21(12-10-19)22-13-15-23(16-14-22)25-20(6-3)17-18-24(8-5-2)26(25,27)28/h6,13-16,19,21,24H,3-5,7-12,17-18H2,1-2H3. The van der Waals surface area contributed by atoms with Gasteiger partial charge in [0.1, 0.15) is 0 Å². The summed E-state index contributed by atoms with van der Waals surface area (Å²) in [5, 5.41) is 0. The Hall–Kier alpha value is -1.44. The maximum atomic E-state index is 15.3. The van der Waals surface area contributed by atoms with Crippen LogP contribution >= 0.6 is 0 Å². The zero-order valence-corrected chi connectivity index (χ0v) is 17.7. The van der Waals surface area contributed by atoms with E-state index in [2.05, 4.69) is 25.6 Å². The van der Waals surface area contributed by atoms with Crippen LogP contribution in [0.4, 0.5) is 8.78 Å². The van der Waals surface area contributed by atoms with Crippen LogP contribution in [0.5, 0.6) is 0 Å². The van der Waals surface area contributed by atoms with E-state index >= 15 is 8.78 Å². The summed E-state index contributed by atoms with van der Waals surface area (Å²) in [6.07, 6.45) is 12.0. The van der Waals surface area contributed by atoms with Crippen molar-refractivity contribution in [3.63, 3.8) is 0 Å². The molecule has 1 saturated carbocycles. The van der Waals surface area contributed by atoms with Gasteiger partial charge in [-0.25, -0.2) is 8.78 Å². The van der Waals surface area contributed by atoms with Gasteiger partial charge in [-0.2, -0.15) is 0 Å². The highest BCUT2D eigenvalue weighted by atomic mass is 19.3. The first-order valence-electron chi connectivity index (χ1n) is 11.3. The van der Waals surface area contributed by atoms with Crippen LogP contribution < -0.4 is 0 Å². The quantitative estimate of drug-likeness (QED) is 0.440. The molecule has 2 aliphatic rings. The average Bonchev–Trinajstić information content (AvgIpc) is 2.70. The van der Waals surface area contributed by atoms with Gasteiger partial charge in [-0.05, 0) is 73.5 Å². The molecule has 1 atom stereocenters. The maximum absolute atomic E-state index is 15.3. The second kappa shape index (κ2) is 9.37. The van der Waals surface area contributed by atoms with Crippen LogP contribution in [0.2, 0.25) is 0 Å². The minimum absolute atomic E-state index is 0.227. The van der Waals surface area contributed by atoms with Crippen LogP contribution in [0.25, 0.3) is 5.57 Å². The molecule has 0 spiro atoms. The fourth-order valence-corrected chi connectivity index (χ4v) is 5.42. The van der Waals surface area contributed by atoms with Gasteiger partial charge in [0.25, 0.3) is 5.92 Å². The van der Waals surface area contributed by atoms with Gasteiger partial charge in [-0.3, -0.25) is 0 Å². The van der Waals surface area contributed by atoms with E-state index < -0.39 is 11.8 Å². The summed E-state index contributed by atoms with van der Waals surface area (Å²) in [5.41, 5.74) is 2.96. The lowest BCUT2D eigenvalue weighted by Crippen LogP contribution is -2.34. The summed E-state index contributed by atoms with van der Waals surface area (Å²) in [6.45, 7) is 8.08. The first-order valence-corrected chi connectivity index (χ1v) is 11.3. The third-order valence-electron chi connectivity index (χ3n) is 7.03. The summed E-state index contributed by atoms with van der Waals surface area (Å²) >= 11 is 0. The van der Waals surface area contributed by atoms with Crippen molar-refractivity contribution in [1.29, 1.82) is 0 Å². The Kier molecular flexibility index (Phi) is 7.12. The molecule has 1 unspecified atom stereocenters. The maximum Gasteiger partial charge on any atom is 0.276 e. The predicted octanol–water partition coefficient (Wildman–Crippen LogP) is 8.55. The highest BCUT2D eigenvalue weighted by molar-refractivity contribution is 5.77. The van der Waals surface area contributed by atoms with Crippen LogP contribution in [-0.2, 0) is 0 Å². The Balaban J connectivity index is 1.80. The van der Waals surface area contributed by atoms with Crippen molar-refractivity contribution in [1.82, 2.24) is 0 Å². The molecule has 0 nitrogen and oxygen atoms in total. The van der Waals surface area contributed by atoms with Crippen LogP contribution in [-0.4, -0.2) is 5.92 Å². The van der Waals surface area contributed by atoms with Crippen molar-refractivity contribution in [2.24, 2.45) is 11.8 Å². The second-order valence-electron chi connectivity index (χ2n) is 8.88. The zero-order valence-electron chi connectivity index (χ0n) is 17.7. The number of benzene rings is 1. The van der Waals surface area contributed by atoms with Gasteiger partial charge in [0, 0.05) is 11.5 Å². The van der Waals surface area contributed by atoms with Crippen LogP contribution in [0.15, 0.2) is 42.5 Å². The van der Waals surface area contributed by atoms with E-state index in [1.165, 1.54) is 44.1 Å². The minimum atomic E-state index is -2.77. The van der Waals surface area contributed by atoms with Gasteiger partial charge in [-0.15, -0.1) is 0 Å². The number of rotatable bonds is 7. The fourth-order valence-electron chi connectivity index (χ4n) is 5.42. The molecule has 0 aliphatic heterocycles. The molecule has 154 valence electrons. The third-order valence-corrected chi connectivity index (χ3v) is 7.03. The first-order chi connectivity index (χ1) is 13.5. The lowest BCUT2D eigenvalue weighted by molar-refractivity contribution is -0.0114. The fraction of sp³-hybridized carbons (Fsp3) is 0.615. The molecular weight excluding hydrogens is 350 g/mol. The molecule has 0 N–H and O–H groups in total. The lowest BCUT2D eigenvalue weighted by atomic mass is 9.75. The van der Waals surface area contributed by atoms with E-state index in [1.54, 1.807) is 6.08 Å². The highest BCUT2D eigenvalue weighted by Gasteiger charge is 2.46. The van der Waals surface area contributed by atoms with Gasteiger partial charge >= 0.3 is 0 Å². The Labute approximate surface area is 170 Å². The molecule has 0 bridgehead atoms. The smallest absolute Gasteiger partial charge is 0.201 e. The Morgan fingerprint density at radius 3 is 2.18 bits per heavy atom. The largest absolute Gasteiger partial charge is 0.276 e. The van der Waals surface area contributed by atoms with Crippen molar-refractivity contribution >= 4 is 5.57 Å². The molecule has 0 saturated heterocycles. The summed E-state index contributed by atoms with van der Waals surface area (Å²) < 4.78 is 30.6. The molecule has 0 radical (unpaired) electrons. The number of halogens is 2. The average molecular weight is 387 g/mol. The van der Waals surface area contributed by atoms with Crippen LogP contribution in [0.3, 0.4) is 0 Å². The van der Waals surface area contributed by atoms with E-state index in [4.69, 9.17) is 0 Å². The van der Waals surface area contributed by atoms with Gasteiger partial charge in [0.15, 0.2) is 0 Å². The van der Waals surface area contributed by atoms with Crippen molar-refractivity contribution in [3.8, 4) is 0 Å². The lowest BCUT2D eigenvalue weighted by Gasteiger charge is -2.35.